The summed E-state index contributed by atoms with van der Waals surface area (Å²) in [6.07, 6.45) is 1.62. The Morgan fingerprint density at radius 1 is 0.917 bits per heavy atom. The van der Waals surface area contributed by atoms with E-state index in [1.54, 1.807) is 6.29 Å². The van der Waals surface area contributed by atoms with Gasteiger partial charge in [-0.05, 0) is 18.2 Å². The molecule has 0 spiro atoms. The van der Waals surface area contributed by atoms with Crippen molar-refractivity contribution in [2.24, 2.45) is 0 Å². The lowest BCUT2D eigenvalue weighted by atomic mass is 10.1. The largest absolute Gasteiger partial charge is 0.285 e. The molecular weight excluding hydrogens is 152 g/mol. The molecular formula is C9H3N2O. The molecule has 1 aromatic rings. The second-order valence-corrected chi connectivity index (χ2v) is 2.12. The maximum Gasteiger partial charge on any atom is 0.233 e. The minimum Gasteiger partial charge on any atom is -0.285 e. The molecule has 0 amide bonds. The fourth-order valence-electron chi connectivity index (χ4n) is 0.816. The van der Waals surface area contributed by atoms with E-state index >= 15 is 0 Å². The van der Waals surface area contributed by atoms with Crippen molar-refractivity contribution in [2.45, 2.75) is 0 Å². The van der Waals surface area contributed by atoms with Crippen LogP contribution in [0.1, 0.15) is 16.7 Å². The summed E-state index contributed by atoms with van der Waals surface area (Å²) in [5.74, 6) is 0. The van der Waals surface area contributed by atoms with Gasteiger partial charge in [0.2, 0.25) is 6.29 Å². The SMILES string of the molecule is N#Cc1cc([C]=O)cc(C#N)c1. The first-order chi connectivity index (χ1) is 5.80. The molecule has 3 nitrogen and oxygen atoms in total. The highest BCUT2D eigenvalue weighted by molar-refractivity contribution is 5.77. The van der Waals surface area contributed by atoms with Gasteiger partial charge in [0.15, 0.2) is 0 Å². The number of rotatable bonds is 1. The Morgan fingerprint density at radius 3 is 1.67 bits per heavy atom. The van der Waals surface area contributed by atoms with E-state index in [1.165, 1.54) is 18.2 Å². The second-order valence-electron chi connectivity index (χ2n) is 2.12. The Kier molecular flexibility index (Phi) is 2.20. The molecule has 0 aromatic heterocycles. The molecule has 0 fully saturated rings. The molecule has 12 heavy (non-hydrogen) atoms. The van der Waals surface area contributed by atoms with Gasteiger partial charge in [0, 0.05) is 5.56 Å². The number of hydrogen-bond donors (Lipinski definition) is 0. The summed E-state index contributed by atoms with van der Waals surface area (Å²) in [6.45, 7) is 0. The van der Waals surface area contributed by atoms with Gasteiger partial charge in [0.25, 0.3) is 0 Å². The third kappa shape index (κ3) is 1.47. The molecule has 0 atom stereocenters. The van der Waals surface area contributed by atoms with Crippen LogP contribution in [0.15, 0.2) is 18.2 Å². The van der Waals surface area contributed by atoms with E-state index in [-0.39, 0.29) is 5.56 Å². The fourth-order valence-corrected chi connectivity index (χ4v) is 0.816. The molecule has 0 aliphatic rings. The van der Waals surface area contributed by atoms with Crippen molar-refractivity contribution in [3.8, 4) is 12.1 Å². The van der Waals surface area contributed by atoms with Crippen molar-refractivity contribution in [1.29, 1.82) is 10.5 Å². The highest BCUT2D eigenvalue weighted by atomic mass is 16.1. The third-order valence-electron chi connectivity index (χ3n) is 1.31. The number of benzene rings is 1. The molecule has 55 valence electrons. The van der Waals surface area contributed by atoms with Gasteiger partial charge in [-0.15, -0.1) is 0 Å². The molecule has 0 bridgehead atoms. The van der Waals surface area contributed by atoms with Crippen molar-refractivity contribution in [3.05, 3.63) is 34.9 Å². The molecule has 0 unspecified atom stereocenters. The first-order valence-electron chi connectivity index (χ1n) is 3.13. The topological polar surface area (TPSA) is 64.7 Å². The first-order valence-corrected chi connectivity index (χ1v) is 3.13. The standard InChI is InChI=1S/C9H3N2O/c10-4-7-1-8(5-11)3-9(2-7)6-12/h1-3H. The number of nitriles is 2. The summed E-state index contributed by atoms with van der Waals surface area (Å²) in [7, 11) is 0. The smallest absolute Gasteiger partial charge is 0.233 e. The predicted octanol–water partition coefficient (Wildman–Crippen LogP) is 0.888. The van der Waals surface area contributed by atoms with Gasteiger partial charge in [-0.2, -0.15) is 10.5 Å². The van der Waals surface area contributed by atoms with E-state index in [2.05, 4.69) is 0 Å². The Labute approximate surface area is 69.5 Å². The van der Waals surface area contributed by atoms with Crippen LogP contribution in [0, 0.1) is 22.7 Å². The monoisotopic (exact) mass is 155 g/mol. The van der Waals surface area contributed by atoms with Crippen LogP contribution in [0.5, 0.6) is 0 Å². The quantitative estimate of drug-likeness (QED) is 0.604. The van der Waals surface area contributed by atoms with E-state index in [9.17, 15) is 4.79 Å². The van der Waals surface area contributed by atoms with Crippen LogP contribution in [-0.2, 0) is 4.79 Å². The Balaban J connectivity index is 3.33. The van der Waals surface area contributed by atoms with Crippen molar-refractivity contribution in [1.82, 2.24) is 0 Å². The summed E-state index contributed by atoms with van der Waals surface area (Å²) < 4.78 is 0. The average molecular weight is 155 g/mol. The van der Waals surface area contributed by atoms with Crippen LogP contribution in [0.4, 0.5) is 0 Å². The molecule has 0 aliphatic carbocycles. The molecule has 0 saturated carbocycles. The van der Waals surface area contributed by atoms with Gasteiger partial charge in [0.1, 0.15) is 0 Å². The molecule has 0 heterocycles. The molecule has 0 N–H and O–H groups in total. The van der Waals surface area contributed by atoms with Crippen LogP contribution in [0.25, 0.3) is 0 Å². The molecule has 0 saturated heterocycles. The zero-order valence-corrected chi connectivity index (χ0v) is 6.03. The lowest BCUT2D eigenvalue weighted by Crippen LogP contribution is -1.85. The van der Waals surface area contributed by atoms with Crippen LogP contribution in [0.3, 0.4) is 0 Å². The van der Waals surface area contributed by atoms with E-state index in [0.717, 1.165) is 0 Å². The summed E-state index contributed by atoms with van der Waals surface area (Å²) >= 11 is 0. The Hall–Kier alpha value is -2.13. The van der Waals surface area contributed by atoms with Crippen molar-refractivity contribution < 1.29 is 4.79 Å². The maximum absolute atomic E-state index is 10.2. The fraction of sp³-hybridized carbons (Fsp3) is 0. The number of carbonyl (C=O) groups excluding carboxylic acids is 1. The maximum atomic E-state index is 10.2. The molecule has 1 rings (SSSR count). The summed E-state index contributed by atoms with van der Waals surface area (Å²) in [5, 5.41) is 17.0. The van der Waals surface area contributed by atoms with Gasteiger partial charge in [-0.25, -0.2) is 0 Å². The zero-order valence-electron chi connectivity index (χ0n) is 6.03. The van der Waals surface area contributed by atoms with Crippen LogP contribution < -0.4 is 0 Å². The molecule has 0 aliphatic heterocycles. The van der Waals surface area contributed by atoms with Gasteiger partial charge in [0.05, 0.1) is 23.3 Å². The van der Waals surface area contributed by atoms with Crippen molar-refractivity contribution in [3.63, 3.8) is 0 Å². The van der Waals surface area contributed by atoms with Gasteiger partial charge in [-0.1, -0.05) is 0 Å². The molecule has 3 heteroatoms. The lowest BCUT2D eigenvalue weighted by molar-refractivity contribution is 0.562. The molecule has 1 aromatic carbocycles. The normalized spacial score (nSPS) is 8.17. The molecule has 1 radical (unpaired) electrons. The van der Waals surface area contributed by atoms with E-state index in [0.29, 0.717) is 11.1 Å². The number of nitrogens with zero attached hydrogens (tertiary/aromatic N) is 2. The highest BCUT2D eigenvalue weighted by Crippen LogP contribution is 2.06. The van der Waals surface area contributed by atoms with Crippen molar-refractivity contribution in [2.75, 3.05) is 0 Å². The lowest BCUT2D eigenvalue weighted by Gasteiger charge is -1.91. The second kappa shape index (κ2) is 3.32. The highest BCUT2D eigenvalue weighted by Gasteiger charge is 1.98. The Morgan fingerprint density at radius 2 is 1.33 bits per heavy atom. The average Bonchev–Trinajstić information content (AvgIpc) is 2.16. The van der Waals surface area contributed by atoms with E-state index in [1.807, 2.05) is 12.1 Å². The minimum absolute atomic E-state index is 0.227. The van der Waals surface area contributed by atoms with Gasteiger partial charge < -0.3 is 0 Å². The number of hydrogen-bond acceptors (Lipinski definition) is 3. The van der Waals surface area contributed by atoms with Crippen molar-refractivity contribution >= 4 is 6.29 Å². The summed E-state index contributed by atoms with van der Waals surface area (Å²) in [4.78, 5) is 10.2. The van der Waals surface area contributed by atoms with E-state index in [4.69, 9.17) is 10.5 Å². The minimum atomic E-state index is 0.227. The predicted molar refractivity (Wildman–Crippen MR) is 40.7 cm³/mol. The zero-order chi connectivity index (χ0) is 8.97. The van der Waals surface area contributed by atoms with Crippen LogP contribution in [0.2, 0.25) is 0 Å². The van der Waals surface area contributed by atoms with E-state index < -0.39 is 0 Å². The first kappa shape index (κ1) is 7.97. The Bertz CT molecular complexity index is 364. The summed E-state index contributed by atoms with van der Waals surface area (Å²) in [5.41, 5.74) is 0.824. The third-order valence-corrected chi connectivity index (χ3v) is 1.31. The van der Waals surface area contributed by atoms with Gasteiger partial charge in [-0.3, -0.25) is 4.79 Å². The van der Waals surface area contributed by atoms with Crippen LogP contribution >= 0.6 is 0 Å². The van der Waals surface area contributed by atoms with Crippen LogP contribution in [-0.4, -0.2) is 6.29 Å². The van der Waals surface area contributed by atoms with Gasteiger partial charge >= 0.3 is 0 Å². The summed E-state index contributed by atoms with van der Waals surface area (Å²) in [6, 6.07) is 7.88.